The van der Waals surface area contributed by atoms with Gasteiger partial charge in [-0.3, -0.25) is 9.59 Å². The molecule has 0 heterocycles. The van der Waals surface area contributed by atoms with E-state index in [4.69, 9.17) is 0 Å². The summed E-state index contributed by atoms with van der Waals surface area (Å²) in [5.74, 6) is 0.174. The van der Waals surface area contributed by atoms with Crippen molar-refractivity contribution in [2.45, 2.75) is 58.9 Å². The molecular weight excluding hydrogens is 368 g/mol. The van der Waals surface area contributed by atoms with Crippen LogP contribution in [0.15, 0.2) is 22.7 Å². The molecule has 1 aromatic carbocycles. The molecule has 0 radical (unpaired) electrons. The number of aryl methyl sites for hydroxylation is 1. The minimum Gasteiger partial charge on any atom is -0.351 e. The van der Waals surface area contributed by atoms with E-state index in [9.17, 15) is 9.59 Å². The average Bonchev–Trinajstić information content (AvgIpc) is 2.48. The molecule has 0 aromatic heterocycles. The summed E-state index contributed by atoms with van der Waals surface area (Å²) in [7, 11) is 0. The van der Waals surface area contributed by atoms with Crippen LogP contribution in [-0.4, -0.2) is 17.4 Å². The molecular formula is C19H27BrN2O2. The minimum absolute atomic E-state index is 0.0168. The van der Waals surface area contributed by atoms with Crippen LogP contribution in [0.25, 0.3) is 0 Å². The lowest BCUT2D eigenvalue weighted by Gasteiger charge is -2.30. The molecule has 0 atom stereocenters. The van der Waals surface area contributed by atoms with Crippen LogP contribution in [-0.2, 0) is 9.59 Å². The molecule has 1 fully saturated rings. The molecule has 2 amide bonds. The van der Waals surface area contributed by atoms with Crippen LogP contribution in [0, 0.1) is 18.8 Å². The maximum Gasteiger partial charge on any atom is 0.227 e. The Kier molecular flexibility index (Phi) is 6.07. The number of amides is 2. The molecule has 1 aromatic rings. The Morgan fingerprint density at radius 3 is 2.08 bits per heavy atom. The summed E-state index contributed by atoms with van der Waals surface area (Å²) in [6, 6.07) is 5.89. The van der Waals surface area contributed by atoms with Crippen molar-refractivity contribution in [3.05, 3.63) is 28.2 Å². The summed E-state index contributed by atoms with van der Waals surface area (Å²) >= 11 is 3.49. The van der Waals surface area contributed by atoms with Gasteiger partial charge < -0.3 is 10.6 Å². The normalized spacial score (nSPS) is 21.2. The Labute approximate surface area is 152 Å². The number of rotatable bonds is 3. The highest BCUT2D eigenvalue weighted by Gasteiger charge is 2.31. The Morgan fingerprint density at radius 1 is 1.04 bits per heavy atom. The molecule has 2 N–H and O–H groups in total. The standard InChI is InChI=1S/C19H27BrN2O2/c1-12-5-10-16(15(20)11-12)21-17(23)13-6-8-14(9-7-13)18(24)22-19(2,3)4/h5,10-11,13-14H,6-9H2,1-4H3,(H,21,23)(H,22,24). The highest BCUT2D eigenvalue weighted by Crippen LogP contribution is 2.31. The van der Waals surface area contributed by atoms with Gasteiger partial charge >= 0.3 is 0 Å². The van der Waals surface area contributed by atoms with E-state index in [1.165, 1.54) is 0 Å². The molecule has 1 saturated carbocycles. The quantitative estimate of drug-likeness (QED) is 0.796. The smallest absolute Gasteiger partial charge is 0.227 e. The van der Waals surface area contributed by atoms with Gasteiger partial charge in [-0.1, -0.05) is 6.07 Å². The van der Waals surface area contributed by atoms with Gasteiger partial charge in [0.25, 0.3) is 0 Å². The van der Waals surface area contributed by atoms with Gasteiger partial charge in [0.2, 0.25) is 11.8 Å². The van der Waals surface area contributed by atoms with Gasteiger partial charge in [0.05, 0.1) is 5.69 Å². The summed E-state index contributed by atoms with van der Waals surface area (Å²) < 4.78 is 0.897. The number of anilines is 1. The number of hydrogen-bond donors (Lipinski definition) is 2. The largest absolute Gasteiger partial charge is 0.351 e. The summed E-state index contributed by atoms with van der Waals surface area (Å²) in [5, 5.41) is 6.04. The number of benzene rings is 1. The fourth-order valence-corrected chi connectivity index (χ4v) is 3.64. The van der Waals surface area contributed by atoms with Gasteiger partial charge in [-0.15, -0.1) is 0 Å². The first kappa shape index (κ1) is 19.0. The predicted octanol–water partition coefficient (Wildman–Crippen LogP) is 4.42. The van der Waals surface area contributed by atoms with E-state index < -0.39 is 0 Å². The minimum atomic E-state index is -0.205. The number of halogens is 1. The van der Waals surface area contributed by atoms with Crippen molar-refractivity contribution in [3.8, 4) is 0 Å². The van der Waals surface area contributed by atoms with Crippen LogP contribution in [0.5, 0.6) is 0 Å². The van der Waals surface area contributed by atoms with Crippen molar-refractivity contribution < 1.29 is 9.59 Å². The topological polar surface area (TPSA) is 58.2 Å². The molecule has 0 bridgehead atoms. The fraction of sp³-hybridized carbons (Fsp3) is 0.579. The zero-order valence-corrected chi connectivity index (χ0v) is 16.5. The molecule has 5 heteroatoms. The SMILES string of the molecule is Cc1ccc(NC(=O)C2CCC(C(=O)NC(C)(C)C)CC2)c(Br)c1. The summed E-state index contributed by atoms with van der Waals surface area (Å²) in [6.07, 6.45) is 3.07. The van der Waals surface area contributed by atoms with E-state index in [1.807, 2.05) is 45.9 Å². The van der Waals surface area contributed by atoms with Crippen molar-refractivity contribution in [2.24, 2.45) is 11.8 Å². The number of hydrogen-bond acceptors (Lipinski definition) is 2. The molecule has 4 nitrogen and oxygen atoms in total. The second-order valence-electron chi connectivity index (χ2n) is 7.76. The predicted molar refractivity (Wildman–Crippen MR) is 101 cm³/mol. The van der Waals surface area contributed by atoms with Gasteiger partial charge in [-0.2, -0.15) is 0 Å². The van der Waals surface area contributed by atoms with Crippen molar-refractivity contribution in [2.75, 3.05) is 5.32 Å². The molecule has 1 aliphatic carbocycles. The third-order valence-corrected chi connectivity index (χ3v) is 5.01. The number of carbonyl (C=O) groups excluding carboxylic acids is 2. The molecule has 0 saturated heterocycles. The van der Waals surface area contributed by atoms with E-state index in [2.05, 4.69) is 26.6 Å². The average molecular weight is 395 g/mol. The summed E-state index contributed by atoms with van der Waals surface area (Å²) in [4.78, 5) is 24.7. The summed E-state index contributed by atoms with van der Waals surface area (Å²) in [5.41, 5.74) is 1.74. The van der Waals surface area contributed by atoms with E-state index >= 15 is 0 Å². The first-order valence-corrected chi connectivity index (χ1v) is 9.34. The molecule has 0 aliphatic heterocycles. The molecule has 1 aliphatic rings. The van der Waals surface area contributed by atoms with Crippen LogP contribution < -0.4 is 10.6 Å². The molecule has 132 valence electrons. The van der Waals surface area contributed by atoms with E-state index in [1.54, 1.807) is 0 Å². The lowest BCUT2D eigenvalue weighted by Crippen LogP contribution is -2.45. The van der Waals surface area contributed by atoms with E-state index in [0.717, 1.165) is 41.4 Å². The zero-order valence-electron chi connectivity index (χ0n) is 14.9. The second kappa shape index (κ2) is 7.68. The fourth-order valence-electron chi connectivity index (χ4n) is 3.05. The highest BCUT2D eigenvalue weighted by atomic mass is 79.9. The number of nitrogens with one attached hydrogen (secondary N) is 2. The van der Waals surface area contributed by atoms with Crippen LogP contribution >= 0.6 is 15.9 Å². The number of carbonyl (C=O) groups is 2. The monoisotopic (exact) mass is 394 g/mol. The van der Waals surface area contributed by atoms with E-state index in [-0.39, 0.29) is 29.2 Å². The van der Waals surface area contributed by atoms with Crippen molar-refractivity contribution in [1.82, 2.24) is 5.32 Å². The van der Waals surface area contributed by atoms with Gasteiger partial charge in [-0.05, 0) is 87.0 Å². The summed E-state index contributed by atoms with van der Waals surface area (Å²) in [6.45, 7) is 7.98. The van der Waals surface area contributed by atoms with Gasteiger partial charge in [0.1, 0.15) is 0 Å². The van der Waals surface area contributed by atoms with E-state index in [0.29, 0.717) is 0 Å². The Morgan fingerprint density at radius 2 is 1.58 bits per heavy atom. The third-order valence-electron chi connectivity index (χ3n) is 4.35. The first-order chi connectivity index (χ1) is 11.2. The van der Waals surface area contributed by atoms with Gasteiger partial charge in [-0.25, -0.2) is 0 Å². The lowest BCUT2D eigenvalue weighted by atomic mass is 9.81. The molecule has 0 unspecified atom stereocenters. The van der Waals surface area contributed by atoms with Crippen molar-refractivity contribution in [1.29, 1.82) is 0 Å². The highest BCUT2D eigenvalue weighted by molar-refractivity contribution is 9.10. The van der Waals surface area contributed by atoms with Crippen LogP contribution in [0.1, 0.15) is 52.0 Å². The second-order valence-corrected chi connectivity index (χ2v) is 8.61. The van der Waals surface area contributed by atoms with Crippen molar-refractivity contribution >= 4 is 33.4 Å². The maximum atomic E-state index is 12.5. The maximum absolute atomic E-state index is 12.5. The molecule has 2 rings (SSSR count). The van der Waals surface area contributed by atoms with Crippen LogP contribution in [0.4, 0.5) is 5.69 Å². The van der Waals surface area contributed by atoms with Crippen molar-refractivity contribution in [3.63, 3.8) is 0 Å². The molecule has 24 heavy (non-hydrogen) atoms. The molecule has 0 spiro atoms. The van der Waals surface area contributed by atoms with Crippen LogP contribution in [0.3, 0.4) is 0 Å². The van der Waals surface area contributed by atoms with Gasteiger partial charge in [0.15, 0.2) is 0 Å². The zero-order chi connectivity index (χ0) is 17.9. The third kappa shape index (κ3) is 5.33. The Bertz CT molecular complexity index is 614. The lowest BCUT2D eigenvalue weighted by molar-refractivity contribution is -0.129. The Hall–Kier alpha value is -1.36. The first-order valence-electron chi connectivity index (χ1n) is 8.55. The van der Waals surface area contributed by atoms with Gasteiger partial charge in [0, 0.05) is 21.8 Å². The Balaban J connectivity index is 1.87. The van der Waals surface area contributed by atoms with Crippen LogP contribution in [0.2, 0.25) is 0 Å².